The standard InChI is InChI=1S/C12H17N3O3.BF4/c1-16-11-8-10(15-3-5-18-6-4-15)12(17-2)7-9(11)14-13;2-1(3,4)5/h8H,3-7H2,1-2H3;/q;-1. The molecule has 1 aliphatic carbocycles. The summed E-state index contributed by atoms with van der Waals surface area (Å²) in [7, 11) is -2.82. The number of hydrogen-bond acceptors (Lipinski definition) is 4. The third-order valence-electron chi connectivity index (χ3n) is 3.10. The Morgan fingerprint density at radius 1 is 1.17 bits per heavy atom. The first kappa shape index (κ1) is 19.1. The van der Waals surface area contributed by atoms with Gasteiger partial charge in [-0.2, -0.15) is 4.79 Å². The lowest BCUT2D eigenvalue weighted by Crippen LogP contribution is -2.37. The molecule has 0 aromatic rings. The summed E-state index contributed by atoms with van der Waals surface area (Å²) in [6.45, 7) is 3.05. The number of ether oxygens (including phenoxy) is 3. The van der Waals surface area contributed by atoms with Crippen molar-refractivity contribution in [1.82, 2.24) is 4.90 Å². The minimum Gasteiger partial charge on any atom is -0.498 e. The molecule has 0 saturated carbocycles. The van der Waals surface area contributed by atoms with E-state index < -0.39 is 7.25 Å². The average molecular weight is 338 g/mol. The summed E-state index contributed by atoms with van der Waals surface area (Å²) in [6.07, 6.45) is 2.28. The lowest BCUT2D eigenvalue weighted by molar-refractivity contribution is -0.0128. The van der Waals surface area contributed by atoms with Crippen LogP contribution in [0.2, 0.25) is 0 Å². The highest BCUT2D eigenvalue weighted by atomic mass is 19.5. The van der Waals surface area contributed by atoms with Crippen LogP contribution in [-0.4, -0.2) is 63.2 Å². The molecule has 0 aromatic carbocycles. The molecule has 23 heavy (non-hydrogen) atoms. The minimum atomic E-state index is -6.00. The van der Waals surface area contributed by atoms with Crippen LogP contribution in [0.25, 0.3) is 5.53 Å². The van der Waals surface area contributed by atoms with Crippen molar-refractivity contribution in [2.75, 3.05) is 40.5 Å². The molecule has 1 heterocycles. The van der Waals surface area contributed by atoms with E-state index in [-0.39, 0.29) is 0 Å². The van der Waals surface area contributed by atoms with Crippen molar-refractivity contribution in [3.05, 3.63) is 28.8 Å². The Kier molecular flexibility index (Phi) is 7.11. The molecule has 0 unspecified atom stereocenters. The van der Waals surface area contributed by atoms with Crippen molar-refractivity contribution in [3.8, 4) is 0 Å². The summed E-state index contributed by atoms with van der Waals surface area (Å²) < 4.78 is 55.0. The molecule has 1 saturated heterocycles. The summed E-state index contributed by atoms with van der Waals surface area (Å²) in [5, 5.41) is 0. The van der Waals surface area contributed by atoms with E-state index in [2.05, 4.69) is 9.69 Å². The van der Waals surface area contributed by atoms with Gasteiger partial charge in [0.25, 0.3) is 0 Å². The van der Waals surface area contributed by atoms with Gasteiger partial charge >= 0.3 is 13.0 Å². The topological polar surface area (TPSA) is 67.3 Å². The van der Waals surface area contributed by atoms with E-state index in [1.807, 2.05) is 6.08 Å². The number of halogens is 4. The van der Waals surface area contributed by atoms with Gasteiger partial charge in [-0.1, -0.05) is 0 Å². The van der Waals surface area contributed by atoms with Gasteiger partial charge < -0.3 is 41.9 Å². The van der Waals surface area contributed by atoms with E-state index in [9.17, 15) is 17.3 Å². The zero-order chi connectivity index (χ0) is 17.5. The maximum atomic E-state index is 9.75. The van der Waals surface area contributed by atoms with Crippen molar-refractivity contribution < 1.29 is 36.3 Å². The van der Waals surface area contributed by atoms with Crippen molar-refractivity contribution in [3.63, 3.8) is 0 Å². The van der Waals surface area contributed by atoms with Gasteiger partial charge in [0.1, 0.15) is 12.2 Å². The minimum absolute atomic E-state index is 0.430. The van der Waals surface area contributed by atoms with Crippen molar-refractivity contribution >= 4 is 13.0 Å². The summed E-state index contributed by atoms with van der Waals surface area (Å²) in [5.74, 6) is 1.35. The Bertz CT molecular complexity index is 518. The second-order valence-corrected chi connectivity index (χ2v) is 4.54. The van der Waals surface area contributed by atoms with E-state index in [1.165, 1.54) is 0 Å². The zero-order valence-corrected chi connectivity index (χ0v) is 12.8. The zero-order valence-electron chi connectivity index (χ0n) is 12.8. The SMILES string of the molecule is COC1=CC(N2CCOCC2)=C(OC)CC1=[N+]=[N-].F[B-](F)(F)F. The first-order valence-corrected chi connectivity index (χ1v) is 6.74. The predicted octanol–water partition coefficient (Wildman–Crippen LogP) is 2.08. The molecule has 130 valence electrons. The molecular weight excluding hydrogens is 321 g/mol. The van der Waals surface area contributed by atoms with Gasteiger partial charge in [-0.3, -0.25) is 0 Å². The van der Waals surface area contributed by atoms with Crippen LogP contribution in [0, 0.1) is 0 Å². The number of morpholine rings is 1. The van der Waals surface area contributed by atoms with Crippen LogP contribution in [0.3, 0.4) is 0 Å². The monoisotopic (exact) mass is 338 g/mol. The van der Waals surface area contributed by atoms with E-state index >= 15 is 0 Å². The third-order valence-corrected chi connectivity index (χ3v) is 3.10. The van der Waals surface area contributed by atoms with Crippen LogP contribution >= 0.6 is 0 Å². The van der Waals surface area contributed by atoms with Gasteiger partial charge in [-0.25, -0.2) is 0 Å². The number of hydrogen-bond donors (Lipinski definition) is 0. The van der Waals surface area contributed by atoms with E-state index in [1.54, 1.807) is 14.2 Å². The molecule has 0 amide bonds. The van der Waals surface area contributed by atoms with Crippen LogP contribution in [0.1, 0.15) is 6.42 Å². The molecule has 0 spiro atoms. The molecule has 11 heteroatoms. The Balaban J connectivity index is 0.000000463. The van der Waals surface area contributed by atoms with Gasteiger partial charge in [0, 0.05) is 19.2 Å². The molecular formula is C12H17BF4N3O3-. The lowest BCUT2D eigenvalue weighted by Gasteiger charge is -2.32. The van der Waals surface area contributed by atoms with Crippen LogP contribution in [-0.2, 0) is 14.2 Å². The van der Waals surface area contributed by atoms with Gasteiger partial charge in [0.15, 0.2) is 0 Å². The summed E-state index contributed by atoms with van der Waals surface area (Å²) in [5.41, 5.74) is 10.4. The van der Waals surface area contributed by atoms with Gasteiger partial charge in [-0.05, 0) is 0 Å². The molecule has 0 N–H and O–H groups in total. The fourth-order valence-corrected chi connectivity index (χ4v) is 2.13. The fourth-order valence-electron chi connectivity index (χ4n) is 2.13. The second-order valence-electron chi connectivity index (χ2n) is 4.54. The summed E-state index contributed by atoms with van der Waals surface area (Å²) >= 11 is 0. The Morgan fingerprint density at radius 3 is 2.17 bits per heavy atom. The third kappa shape index (κ3) is 6.33. The molecule has 2 rings (SSSR count). The summed E-state index contributed by atoms with van der Waals surface area (Å²) in [4.78, 5) is 5.43. The van der Waals surface area contributed by atoms with Crippen LogP contribution in [0.4, 0.5) is 17.3 Å². The normalized spacial score (nSPS) is 18.6. The predicted molar refractivity (Wildman–Crippen MR) is 74.9 cm³/mol. The molecule has 6 nitrogen and oxygen atoms in total. The van der Waals surface area contributed by atoms with Crippen LogP contribution in [0.5, 0.6) is 0 Å². The Hall–Kier alpha value is -2.00. The molecule has 0 atom stereocenters. The highest BCUT2D eigenvalue weighted by Crippen LogP contribution is 2.25. The molecule has 0 radical (unpaired) electrons. The van der Waals surface area contributed by atoms with E-state index in [0.717, 1.165) is 24.5 Å². The molecule has 0 aromatic heterocycles. The van der Waals surface area contributed by atoms with Crippen molar-refractivity contribution in [1.29, 1.82) is 0 Å². The maximum Gasteiger partial charge on any atom is 0.673 e. The van der Waals surface area contributed by atoms with Crippen LogP contribution < -0.4 is 0 Å². The van der Waals surface area contributed by atoms with Crippen molar-refractivity contribution in [2.24, 2.45) is 0 Å². The first-order chi connectivity index (χ1) is 10.8. The van der Waals surface area contributed by atoms with Gasteiger partial charge in [0.2, 0.25) is 5.76 Å². The Morgan fingerprint density at radius 2 is 1.74 bits per heavy atom. The van der Waals surface area contributed by atoms with Crippen molar-refractivity contribution in [2.45, 2.75) is 6.42 Å². The Labute approximate surface area is 131 Å². The van der Waals surface area contributed by atoms with Crippen LogP contribution in [0.15, 0.2) is 23.3 Å². The summed E-state index contributed by atoms with van der Waals surface area (Å²) in [6, 6.07) is 0. The average Bonchev–Trinajstić information content (AvgIpc) is 2.52. The van der Waals surface area contributed by atoms with Gasteiger partial charge in [-0.15, -0.1) is 0 Å². The largest absolute Gasteiger partial charge is 0.673 e. The number of methoxy groups -OCH3 is 2. The number of nitrogens with zero attached hydrogens (tertiary/aromatic N) is 3. The highest BCUT2D eigenvalue weighted by Gasteiger charge is 2.30. The first-order valence-electron chi connectivity index (χ1n) is 6.74. The van der Waals surface area contributed by atoms with E-state index in [4.69, 9.17) is 19.7 Å². The fraction of sp³-hybridized carbons (Fsp3) is 0.583. The molecule has 1 fully saturated rings. The van der Waals surface area contributed by atoms with Gasteiger partial charge in [0.05, 0.1) is 33.1 Å². The smallest absolute Gasteiger partial charge is 0.498 e. The quantitative estimate of drug-likeness (QED) is 0.342. The molecule has 0 bridgehead atoms. The second kappa shape index (κ2) is 8.59. The molecule has 1 aliphatic heterocycles. The lowest BCUT2D eigenvalue weighted by atomic mass is 10.0. The maximum absolute atomic E-state index is 9.75. The highest BCUT2D eigenvalue weighted by molar-refractivity contribution is 6.50. The number of rotatable bonds is 3. The molecule has 2 aliphatic rings. The number of allylic oxidation sites excluding steroid dienone is 3. The van der Waals surface area contributed by atoms with E-state index in [0.29, 0.717) is 31.1 Å².